The van der Waals surface area contributed by atoms with Gasteiger partial charge in [0.05, 0.1) is 23.9 Å². The van der Waals surface area contributed by atoms with E-state index in [2.05, 4.69) is 15.3 Å². The van der Waals surface area contributed by atoms with Crippen molar-refractivity contribution in [2.45, 2.75) is 41.0 Å². The molecule has 6 nitrogen and oxygen atoms in total. The van der Waals surface area contributed by atoms with Gasteiger partial charge in [-0.3, -0.25) is 10.2 Å². The zero-order valence-electron chi connectivity index (χ0n) is 15.8. The van der Waals surface area contributed by atoms with Crippen LogP contribution in [0.3, 0.4) is 0 Å². The summed E-state index contributed by atoms with van der Waals surface area (Å²) in [6.45, 7) is 9.74. The number of hydrogen-bond acceptors (Lipinski definition) is 6. The summed E-state index contributed by atoms with van der Waals surface area (Å²) in [7, 11) is 0. The van der Waals surface area contributed by atoms with Crippen molar-refractivity contribution in [2.75, 3.05) is 18.6 Å². The molecule has 0 radical (unpaired) electrons. The first-order chi connectivity index (χ1) is 12.2. The zero-order chi connectivity index (χ0) is 20.1. The highest BCUT2D eigenvalue weighted by Crippen LogP contribution is 2.25. The van der Waals surface area contributed by atoms with E-state index in [0.29, 0.717) is 47.0 Å². The van der Waals surface area contributed by atoms with E-state index in [0.717, 1.165) is 0 Å². The quantitative estimate of drug-likeness (QED) is 0.395. The van der Waals surface area contributed by atoms with E-state index < -0.39 is 5.97 Å². The van der Waals surface area contributed by atoms with Gasteiger partial charge in [0.15, 0.2) is 0 Å². The SMILES string of the molecule is CCOC(=O)/C(CC(C)C)=N/Nc1ccc(Cl)cc1Cl.CCOC(C)=O. The summed E-state index contributed by atoms with van der Waals surface area (Å²) < 4.78 is 9.38. The first kappa shape index (κ1) is 24.2. The Morgan fingerprint density at radius 3 is 2.19 bits per heavy atom. The van der Waals surface area contributed by atoms with Crippen molar-refractivity contribution in [3.63, 3.8) is 0 Å². The third kappa shape index (κ3) is 10.9. The smallest absolute Gasteiger partial charge is 0.354 e. The van der Waals surface area contributed by atoms with Gasteiger partial charge in [0.2, 0.25) is 0 Å². The lowest BCUT2D eigenvalue weighted by molar-refractivity contribution is -0.140. The second-order valence-electron chi connectivity index (χ2n) is 5.54. The molecule has 0 aliphatic rings. The molecule has 0 unspecified atom stereocenters. The number of rotatable bonds is 7. The van der Waals surface area contributed by atoms with Crippen LogP contribution in [0.15, 0.2) is 23.3 Å². The van der Waals surface area contributed by atoms with Crippen LogP contribution in [0.2, 0.25) is 10.0 Å². The summed E-state index contributed by atoms with van der Waals surface area (Å²) >= 11 is 11.8. The molecule has 1 aromatic carbocycles. The number of ether oxygens (including phenoxy) is 2. The van der Waals surface area contributed by atoms with Crippen LogP contribution in [0.5, 0.6) is 0 Å². The van der Waals surface area contributed by atoms with Gasteiger partial charge >= 0.3 is 11.9 Å². The van der Waals surface area contributed by atoms with Crippen LogP contribution >= 0.6 is 23.2 Å². The number of anilines is 1. The van der Waals surface area contributed by atoms with E-state index in [1.54, 1.807) is 32.0 Å². The van der Waals surface area contributed by atoms with Gasteiger partial charge in [-0.2, -0.15) is 5.10 Å². The van der Waals surface area contributed by atoms with E-state index >= 15 is 0 Å². The first-order valence-corrected chi connectivity index (χ1v) is 9.04. The maximum atomic E-state index is 11.8. The third-order valence-electron chi connectivity index (χ3n) is 2.70. The van der Waals surface area contributed by atoms with Gasteiger partial charge in [0, 0.05) is 18.4 Å². The molecule has 0 aliphatic heterocycles. The Morgan fingerprint density at radius 1 is 1.15 bits per heavy atom. The molecule has 0 bridgehead atoms. The second kappa shape index (κ2) is 13.4. The van der Waals surface area contributed by atoms with Gasteiger partial charge in [-0.05, 0) is 38.0 Å². The summed E-state index contributed by atoms with van der Waals surface area (Å²) in [4.78, 5) is 21.6. The molecule has 0 amide bonds. The highest BCUT2D eigenvalue weighted by atomic mass is 35.5. The standard InChI is InChI=1S/C14H18Cl2N2O2.C4H8O2/c1-4-20-14(19)13(7-9(2)3)18-17-12-6-5-10(15)8-11(12)16;1-3-6-4(2)5/h5-6,8-9,17H,4,7H2,1-3H3;3H2,1-2H3/b18-13+;. The largest absolute Gasteiger partial charge is 0.466 e. The van der Waals surface area contributed by atoms with Crippen molar-refractivity contribution in [1.82, 2.24) is 0 Å². The Morgan fingerprint density at radius 2 is 1.77 bits per heavy atom. The lowest BCUT2D eigenvalue weighted by Crippen LogP contribution is -2.20. The number of hydrogen-bond donors (Lipinski definition) is 1. The monoisotopic (exact) mass is 404 g/mol. The van der Waals surface area contributed by atoms with Gasteiger partial charge in [-0.25, -0.2) is 4.79 Å². The fourth-order valence-corrected chi connectivity index (χ4v) is 2.14. The normalized spacial score (nSPS) is 10.7. The number of hydrazone groups is 1. The van der Waals surface area contributed by atoms with Gasteiger partial charge in [-0.1, -0.05) is 37.0 Å². The van der Waals surface area contributed by atoms with Crippen LogP contribution in [0.1, 0.15) is 41.0 Å². The van der Waals surface area contributed by atoms with Crippen molar-refractivity contribution < 1.29 is 19.1 Å². The Hall–Kier alpha value is -1.79. The lowest BCUT2D eigenvalue weighted by Gasteiger charge is -2.10. The van der Waals surface area contributed by atoms with Crippen molar-refractivity contribution >= 4 is 46.5 Å². The number of esters is 2. The fraction of sp³-hybridized carbons (Fsp3) is 0.500. The predicted molar refractivity (Wildman–Crippen MR) is 106 cm³/mol. The molecule has 0 saturated heterocycles. The fourth-order valence-electron chi connectivity index (χ4n) is 1.69. The number of carbonyl (C=O) groups is 2. The third-order valence-corrected chi connectivity index (χ3v) is 3.25. The molecule has 0 atom stereocenters. The topological polar surface area (TPSA) is 77.0 Å². The lowest BCUT2D eigenvalue weighted by atomic mass is 10.1. The number of nitrogens with one attached hydrogen (secondary N) is 1. The molecule has 1 N–H and O–H groups in total. The van der Waals surface area contributed by atoms with Crippen LogP contribution in [-0.4, -0.2) is 30.9 Å². The average Bonchev–Trinajstić information content (AvgIpc) is 2.53. The van der Waals surface area contributed by atoms with Gasteiger partial charge < -0.3 is 9.47 Å². The molecule has 146 valence electrons. The van der Waals surface area contributed by atoms with Crippen molar-refractivity contribution in [3.05, 3.63) is 28.2 Å². The van der Waals surface area contributed by atoms with Crippen molar-refractivity contribution in [3.8, 4) is 0 Å². The van der Waals surface area contributed by atoms with E-state index in [-0.39, 0.29) is 5.97 Å². The summed E-state index contributed by atoms with van der Waals surface area (Å²) in [6, 6.07) is 5.00. The van der Waals surface area contributed by atoms with Gasteiger partial charge in [0.25, 0.3) is 0 Å². The van der Waals surface area contributed by atoms with Crippen LogP contribution in [0.25, 0.3) is 0 Å². The average molecular weight is 405 g/mol. The van der Waals surface area contributed by atoms with Crippen LogP contribution in [-0.2, 0) is 19.1 Å². The van der Waals surface area contributed by atoms with Crippen LogP contribution < -0.4 is 5.43 Å². The van der Waals surface area contributed by atoms with Crippen molar-refractivity contribution in [2.24, 2.45) is 11.0 Å². The minimum Gasteiger partial charge on any atom is -0.466 e. The van der Waals surface area contributed by atoms with E-state index in [1.165, 1.54) is 6.92 Å². The predicted octanol–water partition coefficient (Wildman–Crippen LogP) is 4.94. The first-order valence-electron chi connectivity index (χ1n) is 8.29. The maximum Gasteiger partial charge on any atom is 0.354 e. The van der Waals surface area contributed by atoms with E-state index in [4.69, 9.17) is 27.9 Å². The van der Waals surface area contributed by atoms with Gasteiger partial charge in [-0.15, -0.1) is 0 Å². The van der Waals surface area contributed by atoms with Crippen LogP contribution in [0, 0.1) is 5.92 Å². The molecule has 0 saturated carbocycles. The number of halogens is 2. The number of benzene rings is 1. The Bertz CT molecular complexity index is 619. The minimum absolute atomic E-state index is 0.211. The van der Waals surface area contributed by atoms with Crippen LogP contribution in [0.4, 0.5) is 5.69 Å². The Labute approximate surface area is 164 Å². The van der Waals surface area contributed by atoms with E-state index in [1.807, 2.05) is 13.8 Å². The molecular weight excluding hydrogens is 379 g/mol. The van der Waals surface area contributed by atoms with E-state index in [9.17, 15) is 9.59 Å². The Balaban J connectivity index is 0.000000896. The summed E-state index contributed by atoms with van der Waals surface area (Å²) in [6.07, 6.45) is 0.525. The second-order valence-corrected chi connectivity index (χ2v) is 6.38. The summed E-state index contributed by atoms with van der Waals surface area (Å²) in [5.74, 6) is -0.336. The molecule has 0 heterocycles. The van der Waals surface area contributed by atoms with Crippen molar-refractivity contribution in [1.29, 1.82) is 0 Å². The maximum absolute atomic E-state index is 11.8. The molecule has 0 spiro atoms. The number of carbonyl (C=O) groups excluding carboxylic acids is 2. The number of nitrogens with zero attached hydrogens (tertiary/aromatic N) is 1. The molecular formula is C18H26Cl2N2O4. The molecule has 8 heteroatoms. The summed E-state index contributed by atoms with van der Waals surface area (Å²) in [5, 5.41) is 5.09. The molecule has 1 aromatic rings. The summed E-state index contributed by atoms with van der Waals surface area (Å²) in [5.41, 5.74) is 3.71. The minimum atomic E-state index is -0.418. The highest BCUT2D eigenvalue weighted by molar-refractivity contribution is 6.37. The molecule has 1 rings (SSSR count). The van der Waals surface area contributed by atoms with Gasteiger partial charge in [0.1, 0.15) is 5.71 Å². The molecule has 0 fully saturated rings. The zero-order valence-corrected chi connectivity index (χ0v) is 17.3. The molecule has 26 heavy (non-hydrogen) atoms. The highest BCUT2D eigenvalue weighted by Gasteiger charge is 2.15. The molecule has 0 aromatic heterocycles. The molecule has 0 aliphatic carbocycles. The Kier molecular flexibility index (Phi) is 12.5.